The van der Waals surface area contributed by atoms with E-state index in [1.165, 1.54) is 46.9 Å². The summed E-state index contributed by atoms with van der Waals surface area (Å²) in [5.41, 5.74) is 3.84. The fourth-order valence-corrected chi connectivity index (χ4v) is 8.96. The number of aliphatic hydroxyl groups excluding tert-OH is 2. The van der Waals surface area contributed by atoms with E-state index in [1.807, 2.05) is 0 Å². The van der Waals surface area contributed by atoms with Gasteiger partial charge in [0.1, 0.15) is 0 Å². The molecule has 0 unspecified atom stereocenters. The maximum absolute atomic E-state index is 11.7. The van der Waals surface area contributed by atoms with Gasteiger partial charge in [-0.25, -0.2) is 0 Å². The number of hydrogen-bond acceptors (Lipinski definition) is 11. The van der Waals surface area contributed by atoms with Crippen molar-refractivity contribution in [2.75, 3.05) is 72.4 Å². The number of carbonyl (C=O) groups is 2. The summed E-state index contributed by atoms with van der Waals surface area (Å²) < 4.78 is 20.4. The molecule has 3 aromatic carbocycles. The molecule has 2 fully saturated rings. The molecule has 2 aliphatic rings. The number of thiophene rings is 3. The van der Waals surface area contributed by atoms with E-state index in [2.05, 4.69) is 93.8 Å². The molecule has 2 saturated heterocycles. The quantitative estimate of drug-likeness (QED) is 0.0710. The number of likely N-dealkylation sites (tertiary alicyclic amines) is 2. The smallest absolute Gasteiger partial charge is 0.305 e. The highest BCUT2D eigenvalue weighted by Gasteiger charge is 2.28. The highest BCUT2D eigenvalue weighted by molar-refractivity contribution is 7.17. The number of amides is 1. The molecule has 8 rings (SSSR count). The first-order chi connectivity index (χ1) is 28.3. The number of β-amino-alcohol motifs (C(OH)–C–C–N with tert-alkyl or cyclic N) is 2. The fraction of sp³-hybridized carbons (Fsp3) is 0.422. The largest absolute Gasteiger partial charge is 0.481 e. The number of carboxylic acid groups (broad SMARTS) is 1. The lowest BCUT2D eigenvalue weighted by atomic mass is 10.1. The van der Waals surface area contributed by atoms with Crippen LogP contribution < -0.4 is 0 Å². The third kappa shape index (κ3) is 14.2. The van der Waals surface area contributed by atoms with Gasteiger partial charge in [0.15, 0.2) is 0 Å². The van der Waals surface area contributed by atoms with Crippen molar-refractivity contribution in [2.24, 2.45) is 0 Å². The van der Waals surface area contributed by atoms with E-state index in [4.69, 9.17) is 24.4 Å². The third-order valence-electron chi connectivity index (χ3n) is 9.99. The van der Waals surface area contributed by atoms with Gasteiger partial charge >= 0.3 is 5.97 Å². The lowest BCUT2D eigenvalue weighted by molar-refractivity contribution is -0.142. The van der Waals surface area contributed by atoms with Crippen LogP contribution in [-0.4, -0.2) is 122 Å². The molecule has 58 heavy (non-hydrogen) atoms. The molecule has 3 aromatic heterocycles. The predicted molar refractivity (Wildman–Crippen MR) is 236 cm³/mol. The Bertz CT molecular complexity index is 2150. The Morgan fingerprint density at radius 1 is 0.569 bits per heavy atom. The van der Waals surface area contributed by atoms with E-state index in [9.17, 15) is 14.7 Å². The number of aliphatic carboxylic acids is 1. The lowest BCUT2D eigenvalue weighted by Crippen LogP contribution is -2.53. The molecule has 3 N–H and O–H groups in total. The van der Waals surface area contributed by atoms with Crippen LogP contribution in [0, 0.1) is 0 Å². The van der Waals surface area contributed by atoms with E-state index in [-0.39, 0.29) is 31.1 Å². The van der Waals surface area contributed by atoms with Crippen LogP contribution in [0.25, 0.3) is 30.3 Å². The Hall–Kier alpha value is -3.76. The SMILES string of the molecule is O=C(CCOCCc1ccc2sccc2c1)N1CC(O)C1.O=C(O)CCOCCc1ccc2sccc2c1.OC1CN(CCCOCCc2ccc3sccc3c2)C1. The van der Waals surface area contributed by atoms with Gasteiger partial charge in [0, 0.05) is 53.4 Å². The zero-order chi connectivity index (χ0) is 40.5. The average Bonchev–Trinajstić information content (AvgIpc) is 3.98. The minimum Gasteiger partial charge on any atom is -0.481 e. The Morgan fingerprint density at radius 2 is 1.00 bits per heavy atom. The summed E-state index contributed by atoms with van der Waals surface area (Å²) in [6.07, 6.45) is 3.77. The van der Waals surface area contributed by atoms with E-state index >= 15 is 0 Å². The van der Waals surface area contributed by atoms with Gasteiger partial charge in [0.05, 0.1) is 58.1 Å². The molecular formula is C45H54N2O8S3. The number of carboxylic acids is 1. The van der Waals surface area contributed by atoms with Crippen LogP contribution in [0.4, 0.5) is 0 Å². The molecule has 1 amide bonds. The standard InChI is InChI=1S/C16H19NO3S.C16H21NO2S.C13H14O3S/c18-14-10-17(11-14)16(19)4-7-20-6-3-12-1-2-15-13(9-12)5-8-21-15;18-15-11-17(12-15)6-1-7-19-8-4-13-2-3-16-14(10-13)5-9-20-16;14-13(15)4-7-16-6-3-10-1-2-12-11(9-10)5-8-17-12/h1-2,5,8-9,14,18H,3-4,6-7,10-11H2;2-3,5,9-10,15,18H,1,4,6-8,11-12H2;1-2,5,8-9H,3-4,6-7H2,(H,14,15). The molecule has 0 aliphatic carbocycles. The minimum atomic E-state index is -0.815. The monoisotopic (exact) mass is 846 g/mol. The Morgan fingerprint density at radius 3 is 1.43 bits per heavy atom. The van der Waals surface area contributed by atoms with Gasteiger partial charge in [-0.3, -0.25) is 14.5 Å². The Balaban J connectivity index is 0.000000148. The number of fused-ring (bicyclic) bond motifs is 3. The van der Waals surface area contributed by atoms with Gasteiger partial charge in [-0.15, -0.1) is 34.0 Å². The van der Waals surface area contributed by atoms with E-state index < -0.39 is 5.97 Å². The van der Waals surface area contributed by atoms with Crippen molar-refractivity contribution in [3.63, 3.8) is 0 Å². The fourth-order valence-electron chi connectivity index (χ4n) is 6.64. The zero-order valence-electron chi connectivity index (χ0n) is 32.8. The van der Waals surface area contributed by atoms with Gasteiger partial charge in [-0.05, 0) is 111 Å². The summed E-state index contributed by atoms with van der Waals surface area (Å²) in [7, 11) is 0. The summed E-state index contributed by atoms with van der Waals surface area (Å²) in [5.74, 6) is -0.746. The number of rotatable bonds is 19. The molecule has 0 spiro atoms. The molecule has 0 bridgehead atoms. The maximum atomic E-state index is 11.7. The van der Waals surface area contributed by atoms with Crippen LogP contribution in [-0.2, 0) is 43.1 Å². The predicted octanol–water partition coefficient (Wildman–Crippen LogP) is 7.52. The molecule has 310 valence electrons. The van der Waals surface area contributed by atoms with Gasteiger partial charge < -0.3 is 34.4 Å². The molecule has 6 aromatic rings. The number of hydrogen-bond donors (Lipinski definition) is 3. The van der Waals surface area contributed by atoms with Gasteiger partial charge in [-0.1, -0.05) is 36.4 Å². The average molecular weight is 847 g/mol. The molecule has 2 aliphatic heterocycles. The third-order valence-corrected chi connectivity index (χ3v) is 12.7. The molecule has 0 radical (unpaired) electrons. The topological polar surface area (TPSA) is 129 Å². The Kier molecular flexibility index (Phi) is 17.5. The van der Waals surface area contributed by atoms with E-state index in [1.54, 1.807) is 38.9 Å². The highest BCUT2D eigenvalue weighted by Crippen LogP contribution is 2.24. The van der Waals surface area contributed by atoms with Crippen LogP contribution in [0.3, 0.4) is 0 Å². The zero-order valence-corrected chi connectivity index (χ0v) is 35.3. The van der Waals surface area contributed by atoms with Crippen molar-refractivity contribution in [1.82, 2.24) is 9.80 Å². The van der Waals surface area contributed by atoms with Crippen LogP contribution >= 0.6 is 34.0 Å². The molecule has 0 atom stereocenters. The number of carbonyl (C=O) groups excluding carboxylic acids is 1. The van der Waals surface area contributed by atoms with Crippen molar-refractivity contribution < 1.29 is 39.1 Å². The maximum Gasteiger partial charge on any atom is 0.305 e. The first-order valence-electron chi connectivity index (χ1n) is 20.0. The van der Waals surface area contributed by atoms with Crippen molar-refractivity contribution in [3.8, 4) is 0 Å². The van der Waals surface area contributed by atoms with Crippen LogP contribution in [0.2, 0.25) is 0 Å². The second-order valence-electron chi connectivity index (χ2n) is 14.6. The summed E-state index contributed by atoms with van der Waals surface area (Å²) in [5, 5.41) is 37.0. The lowest BCUT2D eigenvalue weighted by Gasteiger charge is -2.35. The molecule has 13 heteroatoms. The highest BCUT2D eigenvalue weighted by atomic mass is 32.1. The normalized spacial score (nSPS) is 14.5. The molecule has 5 heterocycles. The number of ether oxygens (including phenoxy) is 3. The Labute approximate surface area is 352 Å². The summed E-state index contributed by atoms with van der Waals surface area (Å²) in [6.45, 7) is 7.19. The second kappa shape index (κ2) is 23.1. The summed E-state index contributed by atoms with van der Waals surface area (Å²) in [6, 6.07) is 25.9. The van der Waals surface area contributed by atoms with Gasteiger partial charge in [0.2, 0.25) is 5.91 Å². The van der Waals surface area contributed by atoms with E-state index in [0.717, 1.165) is 58.5 Å². The number of nitrogens with zero attached hydrogens (tertiary/aromatic N) is 2. The van der Waals surface area contributed by atoms with Crippen LogP contribution in [0.5, 0.6) is 0 Å². The van der Waals surface area contributed by atoms with Crippen molar-refractivity contribution in [2.45, 2.75) is 50.7 Å². The molecule has 10 nitrogen and oxygen atoms in total. The van der Waals surface area contributed by atoms with Crippen molar-refractivity contribution in [3.05, 3.63) is 106 Å². The summed E-state index contributed by atoms with van der Waals surface area (Å²) >= 11 is 5.27. The van der Waals surface area contributed by atoms with Gasteiger partial charge in [-0.2, -0.15) is 0 Å². The van der Waals surface area contributed by atoms with Crippen molar-refractivity contribution in [1.29, 1.82) is 0 Å². The van der Waals surface area contributed by atoms with E-state index in [0.29, 0.717) is 39.3 Å². The number of benzene rings is 3. The van der Waals surface area contributed by atoms with Gasteiger partial charge in [0.25, 0.3) is 0 Å². The molecular weight excluding hydrogens is 793 g/mol. The number of aliphatic hydroxyl groups is 2. The van der Waals surface area contributed by atoms with Crippen LogP contribution in [0.15, 0.2) is 88.9 Å². The second-order valence-corrected chi connectivity index (χ2v) is 17.4. The first kappa shape index (κ1) is 43.8. The first-order valence-corrected chi connectivity index (χ1v) is 22.6. The van der Waals surface area contributed by atoms with Crippen LogP contribution in [0.1, 0.15) is 36.0 Å². The molecule has 0 saturated carbocycles. The minimum absolute atomic E-state index is 0.0694. The van der Waals surface area contributed by atoms with Crippen molar-refractivity contribution >= 4 is 76.1 Å². The summed E-state index contributed by atoms with van der Waals surface area (Å²) in [4.78, 5) is 25.9.